The molecule has 0 bridgehead atoms. The van der Waals surface area contributed by atoms with Gasteiger partial charge in [-0.2, -0.15) is 0 Å². The molecule has 0 aliphatic rings. The van der Waals surface area contributed by atoms with Gasteiger partial charge in [-0.25, -0.2) is 4.79 Å². The van der Waals surface area contributed by atoms with Crippen molar-refractivity contribution in [2.45, 2.75) is 13.0 Å². The highest BCUT2D eigenvalue weighted by molar-refractivity contribution is 6.31. The maximum atomic E-state index is 12.4. The third kappa shape index (κ3) is 5.55. The summed E-state index contributed by atoms with van der Waals surface area (Å²) in [4.78, 5) is 47.2. The normalized spacial score (nSPS) is 11.3. The van der Waals surface area contributed by atoms with Crippen LogP contribution in [-0.4, -0.2) is 28.7 Å². The number of rotatable bonds is 7. The molecule has 0 heterocycles. The van der Waals surface area contributed by atoms with E-state index in [9.17, 15) is 24.5 Å². The van der Waals surface area contributed by atoms with E-state index in [4.69, 9.17) is 16.3 Å². The maximum absolute atomic E-state index is 12.4. The molecule has 1 atom stereocenters. The van der Waals surface area contributed by atoms with Crippen molar-refractivity contribution in [3.63, 3.8) is 0 Å². The third-order valence-corrected chi connectivity index (χ3v) is 4.72. The Morgan fingerprint density at radius 3 is 2.16 bits per heavy atom. The number of nitro benzene ring substituents is 1. The molecule has 1 amide bonds. The van der Waals surface area contributed by atoms with Gasteiger partial charge in [0.25, 0.3) is 11.6 Å². The minimum atomic E-state index is -1.01. The highest BCUT2D eigenvalue weighted by Crippen LogP contribution is 2.17. The number of anilines is 1. The molecule has 0 aliphatic heterocycles. The molecule has 0 radical (unpaired) electrons. The number of carbonyl (C=O) groups excluding carboxylic acids is 3. The summed E-state index contributed by atoms with van der Waals surface area (Å²) < 4.78 is 5.24. The number of benzene rings is 3. The molecule has 9 heteroatoms. The molecule has 0 unspecified atom stereocenters. The molecule has 0 aromatic heterocycles. The first-order valence-corrected chi connectivity index (χ1v) is 9.79. The first-order valence-electron chi connectivity index (χ1n) is 9.41. The Kier molecular flexibility index (Phi) is 6.97. The number of esters is 1. The van der Waals surface area contributed by atoms with Crippen molar-refractivity contribution in [1.29, 1.82) is 0 Å². The number of hydrogen-bond acceptors (Lipinski definition) is 6. The van der Waals surface area contributed by atoms with E-state index in [0.29, 0.717) is 16.3 Å². The maximum Gasteiger partial charge on any atom is 0.338 e. The van der Waals surface area contributed by atoms with Gasteiger partial charge in [0.2, 0.25) is 5.78 Å². The number of non-ortho nitro benzene ring substituents is 1. The van der Waals surface area contributed by atoms with Gasteiger partial charge in [0.1, 0.15) is 0 Å². The van der Waals surface area contributed by atoms with Crippen molar-refractivity contribution < 1.29 is 24.0 Å². The van der Waals surface area contributed by atoms with Gasteiger partial charge >= 0.3 is 5.97 Å². The van der Waals surface area contributed by atoms with Crippen LogP contribution in [-0.2, 0) is 4.74 Å². The van der Waals surface area contributed by atoms with E-state index in [2.05, 4.69) is 5.32 Å². The highest BCUT2D eigenvalue weighted by atomic mass is 35.5. The Bertz CT molecular complexity index is 1180. The van der Waals surface area contributed by atoms with Gasteiger partial charge in [0, 0.05) is 34.0 Å². The first-order chi connectivity index (χ1) is 15.2. The second-order valence-electron chi connectivity index (χ2n) is 6.76. The van der Waals surface area contributed by atoms with E-state index in [0.717, 1.165) is 0 Å². The van der Waals surface area contributed by atoms with Crippen molar-refractivity contribution in [3.05, 3.63) is 105 Å². The molecule has 3 rings (SSSR count). The standard InChI is InChI=1S/C23H17ClN2O6/c1-14(21(27)17-3-2-4-18(24)13-17)32-23(29)16-5-9-19(10-6-16)25-22(28)15-7-11-20(12-8-15)26(30)31/h2-14H,1H3,(H,25,28)/t14-/m1/s1. The second kappa shape index (κ2) is 9.84. The Balaban J connectivity index is 1.60. The zero-order valence-electron chi connectivity index (χ0n) is 16.8. The van der Waals surface area contributed by atoms with Crippen molar-refractivity contribution in [1.82, 2.24) is 0 Å². The summed E-state index contributed by atoms with van der Waals surface area (Å²) in [7, 11) is 0. The zero-order valence-corrected chi connectivity index (χ0v) is 17.5. The average molecular weight is 453 g/mol. The number of nitro groups is 1. The fourth-order valence-corrected chi connectivity index (χ4v) is 2.98. The predicted octanol–water partition coefficient (Wildman–Crippen LogP) is 4.93. The number of carbonyl (C=O) groups is 3. The molecule has 0 fully saturated rings. The summed E-state index contributed by atoms with van der Waals surface area (Å²) >= 11 is 5.89. The van der Waals surface area contributed by atoms with Crippen LogP contribution in [0.5, 0.6) is 0 Å². The van der Waals surface area contributed by atoms with Crippen LogP contribution in [0.1, 0.15) is 38.0 Å². The molecular formula is C23H17ClN2O6. The van der Waals surface area contributed by atoms with E-state index >= 15 is 0 Å². The number of Topliss-reactive ketones (excluding diaryl/α,β-unsaturated/α-hetero) is 1. The van der Waals surface area contributed by atoms with Gasteiger partial charge in [0.05, 0.1) is 10.5 Å². The van der Waals surface area contributed by atoms with Crippen molar-refractivity contribution in [2.24, 2.45) is 0 Å². The second-order valence-corrected chi connectivity index (χ2v) is 7.19. The molecule has 3 aromatic rings. The van der Waals surface area contributed by atoms with E-state index in [-0.39, 0.29) is 22.6 Å². The van der Waals surface area contributed by atoms with E-state index in [1.54, 1.807) is 18.2 Å². The van der Waals surface area contributed by atoms with Gasteiger partial charge in [0.15, 0.2) is 6.10 Å². The lowest BCUT2D eigenvalue weighted by Gasteiger charge is -2.13. The van der Waals surface area contributed by atoms with E-state index in [1.807, 2.05) is 0 Å². The van der Waals surface area contributed by atoms with Crippen LogP contribution < -0.4 is 5.32 Å². The number of nitrogens with zero attached hydrogens (tertiary/aromatic N) is 1. The van der Waals surface area contributed by atoms with Gasteiger partial charge in [-0.3, -0.25) is 19.7 Å². The predicted molar refractivity (Wildman–Crippen MR) is 118 cm³/mol. The molecular weight excluding hydrogens is 436 g/mol. The monoisotopic (exact) mass is 452 g/mol. The fourth-order valence-electron chi connectivity index (χ4n) is 2.79. The van der Waals surface area contributed by atoms with Crippen LogP contribution in [0.25, 0.3) is 0 Å². The van der Waals surface area contributed by atoms with Crippen LogP contribution in [0.4, 0.5) is 11.4 Å². The highest BCUT2D eigenvalue weighted by Gasteiger charge is 2.20. The number of ether oxygens (including phenoxy) is 1. The summed E-state index contributed by atoms with van der Waals surface area (Å²) in [5.74, 6) is -1.54. The van der Waals surface area contributed by atoms with Crippen LogP contribution in [0.2, 0.25) is 5.02 Å². The molecule has 8 nitrogen and oxygen atoms in total. The molecule has 0 saturated heterocycles. The molecule has 1 N–H and O–H groups in total. The van der Waals surface area contributed by atoms with Crippen LogP contribution in [0.15, 0.2) is 72.8 Å². The molecule has 0 saturated carbocycles. The minimum absolute atomic E-state index is 0.118. The van der Waals surface area contributed by atoms with Gasteiger partial charge in [-0.1, -0.05) is 23.7 Å². The van der Waals surface area contributed by atoms with Gasteiger partial charge in [-0.15, -0.1) is 0 Å². The summed E-state index contributed by atoms with van der Waals surface area (Å²) in [5.41, 5.74) is 1.07. The van der Waals surface area contributed by atoms with Crippen molar-refractivity contribution >= 4 is 40.6 Å². The van der Waals surface area contributed by atoms with Crippen LogP contribution in [0, 0.1) is 10.1 Å². The summed E-state index contributed by atoms with van der Waals surface area (Å²) in [6, 6.07) is 17.4. The largest absolute Gasteiger partial charge is 0.451 e. The van der Waals surface area contributed by atoms with Crippen molar-refractivity contribution in [2.75, 3.05) is 5.32 Å². The molecule has 0 aliphatic carbocycles. The smallest absolute Gasteiger partial charge is 0.338 e. The van der Waals surface area contributed by atoms with Crippen molar-refractivity contribution in [3.8, 4) is 0 Å². The lowest BCUT2D eigenvalue weighted by molar-refractivity contribution is -0.384. The lowest BCUT2D eigenvalue weighted by Crippen LogP contribution is -2.24. The Morgan fingerprint density at radius 1 is 0.938 bits per heavy atom. The summed E-state index contributed by atoms with van der Waals surface area (Å²) in [6.45, 7) is 1.47. The number of halogens is 1. The summed E-state index contributed by atoms with van der Waals surface area (Å²) in [5, 5.41) is 13.7. The summed E-state index contributed by atoms with van der Waals surface area (Å²) in [6.07, 6.45) is -1.01. The fraction of sp³-hybridized carbons (Fsp3) is 0.0870. The van der Waals surface area contributed by atoms with Crippen LogP contribution in [0.3, 0.4) is 0 Å². The van der Waals surface area contributed by atoms with E-state index < -0.39 is 22.9 Å². The Labute approximate surface area is 187 Å². The quantitative estimate of drug-likeness (QED) is 0.235. The number of ketones is 1. The molecule has 0 spiro atoms. The number of hydrogen-bond donors (Lipinski definition) is 1. The molecule has 162 valence electrons. The number of nitrogens with one attached hydrogen (secondary N) is 1. The average Bonchev–Trinajstić information content (AvgIpc) is 2.79. The Morgan fingerprint density at radius 2 is 1.56 bits per heavy atom. The van der Waals surface area contributed by atoms with Crippen LogP contribution >= 0.6 is 11.6 Å². The topological polar surface area (TPSA) is 116 Å². The third-order valence-electron chi connectivity index (χ3n) is 4.48. The van der Waals surface area contributed by atoms with E-state index in [1.165, 1.54) is 61.5 Å². The van der Waals surface area contributed by atoms with Gasteiger partial charge < -0.3 is 10.1 Å². The molecule has 3 aromatic carbocycles. The minimum Gasteiger partial charge on any atom is -0.451 e. The van der Waals surface area contributed by atoms with Gasteiger partial charge in [-0.05, 0) is 55.5 Å². The first kappa shape index (κ1) is 22.6. The zero-order chi connectivity index (χ0) is 23.3. The lowest BCUT2D eigenvalue weighted by atomic mass is 10.1. The number of amides is 1. The molecule has 32 heavy (non-hydrogen) atoms. The Hall–Kier alpha value is -4.04. The SMILES string of the molecule is C[C@@H](OC(=O)c1ccc(NC(=O)c2ccc([N+](=O)[O-])cc2)cc1)C(=O)c1cccc(Cl)c1.